The first-order valence-electron chi connectivity index (χ1n) is 5.12. The molecule has 0 aromatic heterocycles. The highest BCUT2D eigenvalue weighted by atomic mass is 16.5. The summed E-state index contributed by atoms with van der Waals surface area (Å²) in [6.07, 6.45) is 0.155. The minimum Gasteiger partial charge on any atom is -0.420 e. The van der Waals surface area contributed by atoms with Crippen molar-refractivity contribution in [3.63, 3.8) is 0 Å². The molecule has 0 unspecified atom stereocenters. The predicted molar refractivity (Wildman–Crippen MR) is 63.6 cm³/mol. The second kappa shape index (κ2) is 5.07. The molecular formula is C14H10O3. The van der Waals surface area contributed by atoms with Crippen LogP contribution in [0.2, 0.25) is 0 Å². The Morgan fingerprint density at radius 3 is 2.29 bits per heavy atom. The summed E-state index contributed by atoms with van der Waals surface area (Å²) in [5.74, 6) is -0.510. The van der Waals surface area contributed by atoms with E-state index in [9.17, 15) is 9.59 Å². The van der Waals surface area contributed by atoms with Crippen molar-refractivity contribution >= 4 is 12.3 Å². The van der Waals surface area contributed by atoms with E-state index in [1.54, 1.807) is 12.1 Å². The average Bonchev–Trinajstić information content (AvgIpc) is 2.40. The molecule has 0 amide bonds. The minimum absolute atomic E-state index is 0.155. The maximum atomic E-state index is 11.0. The molecule has 0 fully saturated rings. The fourth-order valence-corrected chi connectivity index (χ4v) is 1.54. The highest BCUT2D eigenvalue weighted by Crippen LogP contribution is 2.29. The lowest BCUT2D eigenvalue weighted by molar-refractivity contribution is -0.141. The van der Waals surface area contributed by atoms with Gasteiger partial charge in [0.1, 0.15) is 5.75 Å². The van der Waals surface area contributed by atoms with Gasteiger partial charge >= 0.3 is 5.97 Å². The Bertz CT molecular complexity index is 532. The molecule has 2 rings (SSSR count). The monoisotopic (exact) mass is 226 g/mol. The first-order valence-corrected chi connectivity index (χ1v) is 5.12. The quantitative estimate of drug-likeness (QED) is 0.349. The van der Waals surface area contributed by atoms with Gasteiger partial charge in [0.05, 0.1) is 0 Å². The maximum Gasteiger partial charge on any atom is 0.376 e. The van der Waals surface area contributed by atoms with Gasteiger partial charge in [-0.25, -0.2) is 4.79 Å². The largest absolute Gasteiger partial charge is 0.420 e. The number of rotatable bonds is 3. The average molecular weight is 226 g/mol. The van der Waals surface area contributed by atoms with Crippen LogP contribution in [0.3, 0.4) is 0 Å². The van der Waals surface area contributed by atoms with Gasteiger partial charge in [-0.1, -0.05) is 48.5 Å². The lowest BCUT2D eigenvalue weighted by atomic mass is 10.1. The Labute approximate surface area is 98.7 Å². The zero-order valence-electron chi connectivity index (χ0n) is 9.00. The van der Waals surface area contributed by atoms with Gasteiger partial charge in [-0.05, 0) is 11.6 Å². The molecule has 0 saturated heterocycles. The fraction of sp³-hybridized carbons (Fsp3) is 0. The third-order valence-corrected chi connectivity index (χ3v) is 2.28. The Morgan fingerprint density at radius 2 is 1.59 bits per heavy atom. The number of benzene rings is 2. The van der Waals surface area contributed by atoms with E-state index in [1.165, 1.54) is 0 Å². The smallest absolute Gasteiger partial charge is 0.376 e. The van der Waals surface area contributed by atoms with Crippen LogP contribution in [0.15, 0.2) is 54.6 Å². The molecule has 0 radical (unpaired) electrons. The molecule has 0 aliphatic rings. The fourth-order valence-electron chi connectivity index (χ4n) is 1.54. The van der Waals surface area contributed by atoms with Gasteiger partial charge in [0, 0.05) is 5.56 Å². The molecule has 0 aliphatic carbocycles. The van der Waals surface area contributed by atoms with Crippen molar-refractivity contribution in [3.8, 4) is 16.9 Å². The Morgan fingerprint density at radius 1 is 0.941 bits per heavy atom. The Balaban J connectivity index is 2.41. The van der Waals surface area contributed by atoms with Crippen molar-refractivity contribution in [2.24, 2.45) is 0 Å². The third-order valence-electron chi connectivity index (χ3n) is 2.28. The SMILES string of the molecule is O=CC(=O)Oc1ccccc1-c1ccccc1. The molecule has 0 spiro atoms. The summed E-state index contributed by atoms with van der Waals surface area (Å²) < 4.78 is 4.94. The van der Waals surface area contributed by atoms with Crippen molar-refractivity contribution < 1.29 is 14.3 Å². The van der Waals surface area contributed by atoms with Crippen molar-refractivity contribution in [1.82, 2.24) is 0 Å². The summed E-state index contributed by atoms with van der Waals surface area (Å²) in [6, 6.07) is 16.6. The zero-order chi connectivity index (χ0) is 12.1. The van der Waals surface area contributed by atoms with Crippen molar-refractivity contribution in [1.29, 1.82) is 0 Å². The molecule has 0 N–H and O–H groups in total. The van der Waals surface area contributed by atoms with E-state index >= 15 is 0 Å². The van der Waals surface area contributed by atoms with Crippen LogP contribution in [0, 0.1) is 0 Å². The van der Waals surface area contributed by atoms with Crippen LogP contribution < -0.4 is 4.74 Å². The highest BCUT2D eigenvalue weighted by Gasteiger charge is 2.08. The molecule has 3 heteroatoms. The Hall–Kier alpha value is -2.42. The van der Waals surface area contributed by atoms with Gasteiger partial charge < -0.3 is 4.74 Å². The Kier molecular flexibility index (Phi) is 3.31. The van der Waals surface area contributed by atoms with Crippen LogP contribution in [-0.2, 0) is 9.59 Å². The molecular weight excluding hydrogens is 216 g/mol. The van der Waals surface area contributed by atoms with E-state index in [0.29, 0.717) is 5.75 Å². The number of esters is 1. The molecule has 0 atom stereocenters. The summed E-state index contributed by atoms with van der Waals surface area (Å²) in [5, 5.41) is 0. The van der Waals surface area contributed by atoms with Crippen molar-refractivity contribution in [2.45, 2.75) is 0 Å². The minimum atomic E-state index is -0.895. The van der Waals surface area contributed by atoms with Crippen molar-refractivity contribution in [2.75, 3.05) is 0 Å². The summed E-state index contributed by atoms with van der Waals surface area (Å²) in [4.78, 5) is 21.3. The molecule has 84 valence electrons. The zero-order valence-corrected chi connectivity index (χ0v) is 9.00. The first kappa shape index (κ1) is 11.1. The number of para-hydroxylation sites is 1. The van der Waals surface area contributed by atoms with E-state index in [1.807, 2.05) is 42.5 Å². The van der Waals surface area contributed by atoms with Crippen LogP contribution in [0.25, 0.3) is 11.1 Å². The topological polar surface area (TPSA) is 43.4 Å². The van der Waals surface area contributed by atoms with Crippen LogP contribution in [0.5, 0.6) is 5.75 Å². The molecule has 0 heterocycles. The van der Waals surface area contributed by atoms with Gasteiger partial charge in [0.2, 0.25) is 6.29 Å². The predicted octanol–water partition coefficient (Wildman–Crippen LogP) is 2.46. The number of carbonyl (C=O) groups is 2. The molecule has 2 aromatic rings. The van der Waals surface area contributed by atoms with Crippen LogP contribution in [0.4, 0.5) is 0 Å². The lowest BCUT2D eigenvalue weighted by Gasteiger charge is -2.07. The standard InChI is InChI=1S/C14H10O3/c15-10-14(16)17-13-9-5-4-8-12(13)11-6-2-1-3-7-11/h1-10H. The van der Waals surface area contributed by atoms with Gasteiger partial charge in [-0.3, -0.25) is 4.79 Å². The second-order valence-corrected chi connectivity index (χ2v) is 3.40. The summed E-state index contributed by atoms with van der Waals surface area (Å²) in [6.45, 7) is 0. The number of aldehydes is 1. The van der Waals surface area contributed by atoms with E-state index in [2.05, 4.69) is 0 Å². The van der Waals surface area contributed by atoms with Crippen molar-refractivity contribution in [3.05, 3.63) is 54.6 Å². The van der Waals surface area contributed by atoms with Gasteiger partial charge in [-0.2, -0.15) is 0 Å². The molecule has 17 heavy (non-hydrogen) atoms. The maximum absolute atomic E-state index is 11.0. The first-order chi connectivity index (χ1) is 8.31. The van der Waals surface area contributed by atoms with E-state index < -0.39 is 5.97 Å². The second-order valence-electron chi connectivity index (χ2n) is 3.40. The third kappa shape index (κ3) is 2.58. The molecule has 3 nitrogen and oxygen atoms in total. The summed E-state index contributed by atoms with van der Waals surface area (Å²) >= 11 is 0. The number of hydrogen-bond acceptors (Lipinski definition) is 3. The highest BCUT2D eigenvalue weighted by molar-refractivity contribution is 6.21. The summed E-state index contributed by atoms with van der Waals surface area (Å²) in [7, 11) is 0. The number of ether oxygens (including phenoxy) is 1. The molecule has 2 aromatic carbocycles. The van der Waals surface area contributed by atoms with E-state index in [-0.39, 0.29) is 6.29 Å². The van der Waals surface area contributed by atoms with E-state index in [0.717, 1.165) is 11.1 Å². The lowest BCUT2D eigenvalue weighted by Crippen LogP contribution is -2.09. The molecule has 0 saturated carbocycles. The number of hydrogen-bond donors (Lipinski definition) is 0. The van der Waals surface area contributed by atoms with Gasteiger partial charge in [0.25, 0.3) is 0 Å². The van der Waals surface area contributed by atoms with E-state index in [4.69, 9.17) is 4.74 Å². The van der Waals surface area contributed by atoms with Crippen LogP contribution in [0.1, 0.15) is 0 Å². The van der Waals surface area contributed by atoms with Gasteiger partial charge in [0.15, 0.2) is 0 Å². The van der Waals surface area contributed by atoms with Crippen LogP contribution in [-0.4, -0.2) is 12.3 Å². The molecule has 0 bridgehead atoms. The number of carbonyl (C=O) groups excluding carboxylic acids is 2. The summed E-state index contributed by atoms with van der Waals surface area (Å²) in [5.41, 5.74) is 1.71. The van der Waals surface area contributed by atoms with Crippen LogP contribution >= 0.6 is 0 Å². The molecule has 0 aliphatic heterocycles. The van der Waals surface area contributed by atoms with Gasteiger partial charge in [-0.15, -0.1) is 0 Å². The normalized spacial score (nSPS) is 9.65.